The fourth-order valence-corrected chi connectivity index (χ4v) is 2.85. The molecule has 0 aliphatic carbocycles. The van der Waals surface area contributed by atoms with E-state index in [1.807, 2.05) is 27.7 Å². The van der Waals surface area contributed by atoms with E-state index >= 15 is 0 Å². The highest BCUT2D eigenvalue weighted by molar-refractivity contribution is 5.99. The number of hydrogen-bond donors (Lipinski definition) is 1. The Morgan fingerprint density at radius 1 is 1.14 bits per heavy atom. The maximum absolute atomic E-state index is 13.4. The number of carbonyl (C=O) groups is 1. The Morgan fingerprint density at radius 2 is 1.62 bits per heavy atom. The van der Waals surface area contributed by atoms with Crippen molar-refractivity contribution in [2.24, 2.45) is 0 Å². The highest BCUT2D eigenvalue weighted by Crippen LogP contribution is 2.30. The molecular weight excluding hydrogens is 278 g/mol. The molecule has 21 heavy (non-hydrogen) atoms. The minimum Gasteiger partial charge on any atom is -0.398 e. The number of nitrogens with zero attached hydrogens (tertiary/aromatic N) is 1. The van der Waals surface area contributed by atoms with Crippen LogP contribution in [0.1, 0.15) is 38.1 Å². The molecule has 1 saturated heterocycles. The molecule has 0 spiro atoms. The SMILES string of the molecule is CC1(C)CN(C(=O)c2cc(F)c(F)cc2N)CC(C)(C)O1. The summed E-state index contributed by atoms with van der Waals surface area (Å²) in [4.78, 5) is 14.1. The third kappa shape index (κ3) is 3.32. The molecule has 6 heteroatoms. The van der Waals surface area contributed by atoms with Gasteiger partial charge in [0.1, 0.15) is 0 Å². The Hall–Kier alpha value is -1.69. The van der Waals surface area contributed by atoms with Crippen LogP contribution in [0.5, 0.6) is 0 Å². The lowest BCUT2D eigenvalue weighted by Gasteiger charge is -2.47. The van der Waals surface area contributed by atoms with Crippen LogP contribution in [0.25, 0.3) is 0 Å². The maximum Gasteiger partial charge on any atom is 0.256 e. The van der Waals surface area contributed by atoms with Crippen molar-refractivity contribution in [1.29, 1.82) is 0 Å². The van der Waals surface area contributed by atoms with Crippen molar-refractivity contribution in [1.82, 2.24) is 4.90 Å². The second-order valence-corrected chi connectivity index (χ2v) is 6.64. The van der Waals surface area contributed by atoms with E-state index in [1.54, 1.807) is 4.90 Å². The van der Waals surface area contributed by atoms with Gasteiger partial charge in [-0.25, -0.2) is 8.78 Å². The van der Waals surface area contributed by atoms with E-state index in [2.05, 4.69) is 0 Å². The van der Waals surface area contributed by atoms with E-state index in [1.165, 1.54) is 0 Å². The number of nitrogen functional groups attached to an aromatic ring is 1. The van der Waals surface area contributed by atoms with Gasteiger partial charge in [-0.15, -0.1) is 0 Å². The zero-order chi connectivity index (χ0) is 16.0. The second kappa shape index (κ2) is 4.94. The van der Waals surface area contributed by atoms with Crippen molar-refractivity contribution >= 4 is 11.6 Å². The molecule has 1 aliphatic rings. The van der Waals surface area contributed by atoms with E-state index in [-0.39, 0.29) is 11.3 Å². The molecule has 0 aromatic heterocycles. The van der Waals surface area contributed by atoms with Crippen LogP contribution in [0.4, 0.5) is 14.5 Å². The van der Waals surface area contributed by atoms with Gasteiger partial charge in [-0.3, -0.25) is 4.79 Å². The summed E-state index contributed by atoms with van der Waals surface area (Å²) >= 11 is 0. The van der Waals surface area contributed by atoms with Crippen molar-refractivity contribution in [2.45, 2.75) is 38.9 Å². The van der Waals surface area contributed by atoms with Gasteiger partial charge in [0, 0.05) is 24.8 Å². The van der Waals surface area contributed by atoms with Crippen LogP contribution in [0.3, 0.4) is 0 Å². The molecule has 4 nitrogen and oxygen atoms in total. The Labute approximate surface area is 122 Å². The Kier molecular flexibility index (Phi) is 3.70. The van der Waals surface area contributed by atoms with Crippen molar-refractivity contribution in [2.75, 3.05) is 18.8 Å². The summed E-state index contributed by atoms with van der Waals surface area (Å²) in [7, 11) is 0. The van der Waals surface area contributed by atoms with Gasteiger partial charge in [-0.05, 0) is 33.8 Å². The number of ether oxygens (including phenoxy) is 1. The zero-order valence-electron chi connectivity index (χ0n) is 12.7. The third-order valence-corrected chi connectivity index (χ3v) is 3.31. The van der Waals surface area contributed by atoms with E-state index in [9.17, 15) is 13.6 Å². The van der Waals surface area contributed by atoms with Gasteiger partial charge in [0.05, 0.1) is 16.8 Å². The number of rotatable bonds is 1. The molecule has 2 rings (SSSR count). The van der Waals surface area contributed by atoms with E-state index in [4.69, 9.17) is 10.5 Å². The molecule has 1 heterocycles. The largest absolute Gasteiger partial charge is 0.398 e. The summed E-state index contributed by atoms with van der Waals surface area (Å²) in [6.45, 7) is 8.22. The molecule has 2 N–H and O–H groups in total. The van der Waals surface area contributed by atoms with Crippen LogP contribution in [-0.2, 0) is 4.74 Å². The number of anilines is 1. The first kappa shape index (κ1) is 15.7. The monoisotopic (exact) mass is 298 g/mol. The molecule has 116 valence electrons. The van der Waals surface area contributed by atoms with Crippen molar-refractivity contribution in [3.63, 3.8) is 0 Å². The fourth-order valence-electron chi connectivity index (χ4n) is 2.85. The number of hydrogen-bond acceptors (Lipinski definition) is 3. The van der Waals surface area contributed by atoms with E-state index in [0.717, 1.165) is 12.1 Å². The van der Waals surface area contributed by atoms with Crippen LogP contribution in [0.2, 0.25) is 0 Å². The molecule has 1 aromatic rings. The Bertz CT molecular complexity index is 569. The zero-order valence-corrected chi connectivity index (χ0v) is 12.7. The predicted molar refractivity (Wildman–Crippen MR) is 75.9 cm³/mol. The topological polar surface area (TPSA) is 55.6 Å². The molecular formula is C15H20F2N2O2. The molecule has 1 fully saturated rings. The summed E-state index contributed by atoms with van der Waals surface area (Å²) in [6.07, 6.45) is 0. The summed E-state index contributed by atoms with van der Waals surface area (Å²) in [5.74, 6) is -2.57. The molecule has 1 aliphatic heterocycles. The molecule has 1 aromatic carbocycles. The quantitative estimate of drug-likeness (QED) is 0.811. The molecule has 0 unspecified atom stereocenters. The maximum atomic E-state index is 13.4. The van der Waals surface area contributed by atoms with Crippen LogP contribution in [0.15, 0.2) is 12.1 Å². The fraction of sp³-hybridized carbons (Fsp3) is 0.533. The standard InChI is InChI=1S/C15H20F2N2O2/c1-14(2)7-19(8-15(3,4)21-14)13(20)9-5-10(16)11(17)6-12(9)18/h5-6H,7-8,18H2,1-4H3. The number of morpholine rings is 1. The number of carbonyl (C=O) groups excluding carboxylic acids is 1. The summed E-state index contributed by atoms with van der Waals surface area (Å²) in [5.41, 5.74) is 4.51. The lowest BCUT2D eigenvalue weighted by atomic mass is 9.98. The van der Waals surface area contributed by atoms with Crippen LogP contribution in [0, 0.1) is 11.6 Å². The molecule has 0 atom stereocenters. The summed E-state index contributed by atoms with van der Waals surface area (Å²) in [5, 5.41) is 0. The smallest absolute Gasteiger partial charge is 0.256 e. The highest BCUT2D eigenvalue weighted by atomic mass is 19.2. The minimum atomic E-state index is -1.08. The minimum absolute atomic E-state index is 0.0256. The van der Waals surface area contributed by atoms with Gasteiger partial charge in [0.15, 0.2) is 11.6 Å². The van der Waals surface area contributed by atoms with Crippen molar-refractivity contribution < 1.29 is 18.3 Å². The van der Waals surface area contributed by atoms with E-state index in [0.29, 0.717) is 13.1 Å². The summed E-state index contributed by atoms with van der Waals surface area (Å²) in [6, 6.07) is 1.68. The van der Waals surface area contributed by atoms with Gasteiger partial charge in [0.25, 0.3) is 5.91 Å². The van der Waals surface area contributed by atoms with Crippen LogP contribution >= 0.6 is 0 Å². The number of halogens is 2. The average Bonchev–Trinajstić information content (AvgIpc) is 2.29. The van der Waals surface area contributed by atoms with Gasteiger partial charge in [0.2, 0.25) is 0 Å². The van der Waals surface area contributed by atoms with Gasteiger partial charge < -0.3 is 15.4 Å². The lowest BCUT2D eigenvalue weighted by molar-refractivity contribution is -0.171. The number of benzene rings is 1. The average molecular weight is 298 g/mol. The molecule has 1 amide bonds. The Balaban J connectivity index is 2.34. The highest BCUT2D eigenvalue weighted by Gasteiger charge is 2.40. The first-order valence-electron chi connectivity index (χ1n) is 6.75. The van der Waals surface area contributed by atoms with E-state index < -0.39 is 28.7 Å². The van der Waals surface area contributed by atoms with Gasteiger partial charge in [-0.1, -0.05) is 0 Å². The molecule has 0 saturated carbocycles. The lowest BCUT2D eigenvalue weighted by Crippen LogP contribution is -2.58. The third-order valence-electron chi connectivity index (χ3n) is 3.31. The number of nitrogens with two attached hydrogens (primary N) is 1. The second-order valence-electron chi connectivity index (χ2n) is 6.64. The normalized spacial score (nSPS) is 20.4. The van der Waals surface area contributed by atoms with Crippen molar-refractivity contribution in [3.8, 4) is 0 Å². The van der Waals surface area contributed by atoms with Gasteiger partial charge in [-0.2, -0.15) is 0 Å². The van der Waals surface area contributed by atoms with Crippen molar-refractivity contribution in [3.05, 3.63) is 29.3 Å². The predicted octanol–water partition coefficient (Wildman–Crippen LogP) is 2.58. The molecule has 0 bridgehead atoms. The van der Waals surface area contributed by atoms with Crippen LogP contribution in [-0.4, -0.2) is 35.1 Å². The summed E-state index contributed by atoms with van der Waals surface area (Å²) < 4.78 is 32.4. The first-order valence-corrected chi connectivity index (χ1v) is 6.75. The van der Waals surface area contributed by atoms with Crippen LogP contribution < -0.4 is 5.73 Å². The first-order chi connectivity index (χ1) is 9.51. The Morgan fingerprint density at radius 3 is 2.14 bits per heavy atom. The van der Waals surface area contributed by atoms with Gasteiger partial charge >= 0.3 is 0 Å². The number of amides is 1. The molecule has 0 radical (unpaired) electrons.